The Morgan fingerprint density at radius 3 is 2.81 bits per heavy atom. The fourth-order valence-electron chi connectivity index (χ4n) is 1.74. The number of anilines is 1. The topological polar surface area (TPSA) is 53.0 Å². The van der Waals surface area contributed by atoms with Gasteiger partial charge in [0.05, 0.1) is 12.0 Å². The molecule has 0 aromatic heterocycles. The summed E-state index contributed by atoms with van der Waals surface area (Å²) in [4.78, 5) is 2.15. The first-order chi connectivity index (χ1) is 7.54. The van der Waals surface area contributed by atoms with Crippen molar-refractivity contribution in [2.75, 3.05) is 19.3 Å². The fraction of sp³-hybridized carbons (Fsp3) is 0.462. The van der Waals surface area contributed by atoms with Crippen LogP contribution < -0.4 is 5.73 Å². The molecule has 1 atom stereocenters. The largest absolute Gasteiger partial charge is 0.399 e. The van der Waals surface area contributed by atoms with Crippen LogP contribution in [-0.4, -0.2) is 18.5 Å². The standard InChI is InChI=1S/C13H19N3/c1-10(7-14)8-16(3)9-12-5-4-6-13(15)11(12)2/h4-6,10H,8-9,15H2,1-3H3. The number of rotatable bonds is 4. The Labute approximate surface area is 97.5 Å². The van der Waals surface area contributed by atoms with E-state index in [-0.39, 0.29) is 5.92 Å². The van der Waals surface area contributed by atoms with Gasteiger partial charge < -0.3 is 10.6 Å². The van der Waals surface area contributed by atoms with Gasteiger partial charge in [-0.05, 0) is 38.1 Å². The number of nitrogens with zero attached hydrogens (tertiary/aromatic N) is 2. The van der Waals surface area contributed by atoms with Crippen molar-refractivity contribution < 1.29 is 0 Å². The van der Waals surface area contributed by atoms with E-state index in [9.17, 15) is 0 Å². The zero-order valence-corrected chi connectivity index (χ0v) is 10.2. The monoisotopic (exact) mass is 217 g/mol. The maximum atomic E-state index is 8.75. The first-order valence-corrected chi connectivity index (χ1v) is 5.46. The molecule has 0 aliphatic carbocycles. The Bertz CT molecular complexity index is 393. The van der Waals surface area contributed by atoms with Crippen LogP contribution in [0.3, 0.4) is 0 Å². The number of hydrogen-bond acceptors (Lipinski definition) is 3. The third-order valence-electron chi connectivity index (χ3n) is 2.73. The molecule has 0 spiro atoms. The first kappa shape index (κ1) is 12.5. The van der Waals surface area contributed by atoms with Gasteiger partial charge in [0, 0.05) is 18.8 Å². The minimum absolute atomic E-state index is 0.0614. The lowest BCUT2D eigenvalue weighted by atomic mass is 10.1. The van der Waals surface area contributed by atoms with Crippen molar-refractivity contribution in [3.05, 3.63) is 29.3 Å². The zero-order chi connectivity index (χ0) is 12.1. The highest BCUT2D eigenvalue weighted by atomic mass is 15.1. The Kier molecular flexibility index (Phi) is 4.33. The number of nitrogen functional groups attached to an aromatic ring is 1. The Morgan fingerprint density at radius 2 is 2.19 bits per heavy atom. The van der Waals surface area contributed by atoms with E-state index in [0.717, 1.165) is 24.3 Å². The molecule has 1 unspecified atom stereocenters. The zero-order valence-electron chi connectivity index (χ0n) is 10.2. The van der Waals surface area contributed by atoms with Crippen LogP contribution in [0, 0.1) is 24.2 Å². The maximum Gasteiger partial charge on any atom is 0.0666 e. The van der Waals surface area contributed by atoms with Gasteiger partial charge in [0.25, 0.3) is 0 Å². The lowest BCUT2D eigenvalue weighted by molar-refractivity contribution is 0.302. The van der Waals surface area contributed by atoms with Crippen LogP contribution in [0.2, 0.25) is 0 Å². The predicted octanol–water partition coefficient (Wildman–Crippen LogP) is 2.17. The van der Waals surface area contributed by atoms with Crippen LogP contribution >= 0.6 is 0 Å². The summed E-state index contributed by atoms with van der Waals surface area (Å²) in [6.07, 6.45) is 0. The van der Waals surface area contributed by atoms with Crippen LogP contribution in [-0.2, 0) is 6.54 Å². The average molecular weight is 217 g/mol. The molecule has 2 N–H and O–H groups in total. The van der Waals surface area contributed by atoms with E-state index in [4.69, 9.17) is 11.0 Å². The summed E-state index contributed by atoms with van der Waals surface area (Å²) in [5.41, 5.74) is 9.05. The van der Waals surface area contributed by atoms with E-state index in [0.29, 0.717) is 0 Å². The molecule has 16 heavy (non-hydrogen) atoms. The molecular weight excluding hydrogens is 198 g/mol. The van der Waals surface area contributed by atoms with Crippen molar-refractivity contribution >= 4 is 5.69 Å². The van der Waals surface area contributed by atoms with Gasteiger partial charge in [-0.2, -0.15) is 5.26 Å². The summed E-state index contributed by atoms with van der Waals surface area (Å²) < 4.78 is 0. The second-order valence-electron chi connectivity index (χ2n) is 4.36. The van der Waals surface area contributed by atoms with Gasteiger partial charge in [0.1, 0.15) is 0 Å². The second-order valence-corrected chi connectivity index (χ2v) is 4.36. The maximum absolute atomic E-state index is 8.75. The molecule has 0 aliphatic heterocycles. The molecule has 0 heterocycles. The quantitative estimate of drug-likeness (QED) is 0.786. The summed E-state index contributed by atoms with van der Waals surface area (Å²) in [6, 6.07) is 8.21. The van der Waals surface area contributed by atoms with Crippen molar-refractivity contribution in [2.24, 2.45) is 5.92 Å². The van der Waals surface area contributed by atoms with E-state index in [1.807, 2.05) is 33.0 Å². The van der Waals surface area contributed by atoms with Gasteiger partial charge in [0.2, 0.25) is 0 Å². The van der Waals surface area contributed by atoms with Crippen LogP contribution in [0.15, 0.2) is 18.2 Å². The lowest BCUT2D eigenvalue weighted by Crippen LogP contribution is -2.23. The Morgan fingerprint density at radius 1 is 1.50 bits per heavy atom. The molecule has 1 rings (SSSR count). The third-order valence-corrected chi connectivity index (χ3v) is 2.73. The summed E-state index contributed by atoms with van der Waals surface area (Å²) in [5.74, 6) is 0.0614. The van der Waals surface area contributed by atoms with E-state index >= 15 is 0 Å². The molecule has 0 fully saturated rings. The Hall–Kier alpha value is -1.53. The predicted molar refractivity (Wildman–Crippen MR) is 66.7 cm³/mol. The number of nitrogens with two attached hydrogens (primary N) is 1. The van der Waals surface area contributed by atoms with Gasteiger partial charge >= 0.3 is 0 Å². The average Bonchev–Trinajstić information content (AvgIpc) is 2.24. The lowest BCUT2D eigenvalue weighted by Gasteiger charge is -2.19. The smallest absolute Gasteiger partial charge is 0.0666 e. The summed E-state index contributed by atoms with van der Waals surface area (Å²) in [6.45, 7) is 5.59. The van der Waals surface area contributed by atoms with Crippen molar-refractivity contribution in [2.45, 2.75) is 20.4 Å². The van der Waals surface area contributed by atoms with Crippen LogP contribution in [0.1, 0.15) is 18.1 Å². The molecular formula is C13H19N3. The molecule has 1 aromatic carbocycles. The minimum atomic E-state index is 0.0614. The SMILES string of the molecule is Cc1c(N)cccc1CN(C)CC(C)C#N. The molecule has 0 aliphatic rings. The van der Waals surface area contributed by atoms with E-state index in [2.05, 4.69) is 17.0 Å². The third kappa shape index (κ3) is 3.25. The summed E-state index contributed by atoms with van der Waals surface area (Å²) in [7, 11) is 2.02. The molecule has 3 heteroatoms. The Balaban J connectivity index is 2.67. The summed E-state index contributed by atoms with van der Waals surface area (Å²) >= 11 is 0. The highest BCUT2D eigenvalue weighted by Crippen LogP contribution is 2.17. The fourth-order valence-corrected chi connectivity index (χ4v) is 1.74. The second kappa shape index (κ2) is 5.53. The summed E-state index contributed by atoms with van der Waals surface area (Å²) in [5, 5.41) is 8.75. The van der Waals surface area contributed by atoms with Gasteiger partial charge in [-0.1, -0.05) is 12.1 Å². The van der Waals surface area contributed by atoms with Crippen molar-refractivity contribution in [1.29, 1.82) is 5.26 Å². The van der Waals surface area contributed by atoms with Crippen LogP contribution in [0.25, 0.3) is 0 Å². The number of benzene rings is 1. The van der Waals surface area contributed by atoms with E-state index < -0.39 is 0 Å². The normalized spacial score (nSPS) is 12.4. The molecule has 0 saturated carbocycles. The first-order valence-electron chi connectivity index (χ1n) is 5.46. The van der Waals surface area contributed by atoms with E-state index in [1.165, 1.54) is 5.56 Å². The highest BCUT2D eigenvalue weighted by Gasteiger charge is 2.08. The van der Waals surface area contributed by atoms with Crippen molar-refractivity contribution in [3.63, 3.8) is 0 Å². The molecule has 0 bridgehead atoms. The van der Waals surface area contributed by atoms with E-state index in [1.54, 1.807) is 0 Å². The minimum Gasteiger partial charge on any atom is -0.399 e. The number of nitriles is 1. The van der Waals surface area contributed by atoms with Gasteiger partial charge in [-0.3, -0.25) is 0 Å². The van der Waals surface area contributed by atoms with Crippen molar-refractivity contribution in [3.8, 4) is 6.07 Å². The van der Waals surface area contributed by atoms with Crippen molar-refractivity contribution in [1.82, 2.24) is 4.90 Å². The molecule has 1 aromatic rings. The molecule has 0 amide bonds. The van der Waals surface area contributed by atoms with Crippen LogP contribution in [0.4, 0.5) is 5.69 Å². The van der Waals surface area contributed by atoms with Gasteiger partial charge in [-0.25, -0.2) is 0 Å². The van der Waals surface area contributed by atoms with Crippen LogP contribution in [0.5, 0.6) is 0 Å². The molecule has 3 nitrogen and oxygen atoms in total. The molecule has 86 valence electrons. The molecule has 0 radical (unpaired) electrons. The van der Waals surface area contributed by atoms with Gasteiger partial charge in [-0.15, -0.1) is 0 Å². The number of hydrogen-bond donors (Lipinski definition) is 1. The molecule has 0 saturated heterocycles. The van der Waals surface area contributed by atoms with Gasteiger partial charge in [0.15, 0.2) is 0 Å². The highest BCUT2D eigenvalue weighted by molar-refractivity contribution is 5.49.